The fourth-order valence-corrected chi connectivity index (χ4v) is 8.13. The zero-order valence-electron chi connectivity index (χ0n) is 27.0. The van der Waals surface area contributed by atoms with Gasteiger partial charge in [-0.15, -0.1) is 0 Å². The Hall–Kier alpha value is -6.64. The number of benzene rings is 9. The molecule has 0 saturated carbocycles. The Kier molecular flexibility index (Phi) is 5.70. The van der Waals surface area contributed by atoms with Crippen LogP contribution in [0.1, 0.15) is 0 Å². The second kappa shape index (κ2) is 10.4. The first-order chi connectivity index (χ1) is 24.8. The number of furan rings is 2. The van der Waals surface area contributed by atoms with Crippen LogP contribution >= 0.6 is 0 Å². The van der Waals surface area contributed by atoms with Gasteiger partial charge in [-0.1, -0.05) is 127 Å². The molecule has 2 heteroatoms. The van der Waals surface area contributed by atoms with E-state index in [1.165, 1.54) is 60.3 Å². The lowest BCUT2D eigenvalue weighted by molar-refractivity contribution is 0.656. The van der Waals surface area contributed by atoms with Crippen molar-refractivity contribution in [2.45, 2.75) is 0 Å². The maximum absolute atomic E-state index is 6.45. The fraction of sp³-hybridized carbons (Fsp3) is 0. The third-order valence-electron chi connectivity index (χ3n) is 10.4. The highest BCUT2D eigenvalue weighted by atomic mass is 16.3. The molecule has 0 unspecified atom stereocenters. The molecule has 232 valence electrons. The quantitative estimate of drug-likeness (QED) is 0.180. The maximum Gasteiger partial charge on any atom is 0.139 e. The van der Waals surface area contributed by atoms with Crippen molar-refractivity contribution in [1.82, 2.24) is 0 Å². The first kappa shape index (κ1) is 27.3. The van der Waals surface area contributed by atoms with Gasteiger partial charge in [0.15, 0.2) is 0 Å². The number of hydrogen-bond donors (Lipinski definition) is 0. The monoisotopic (exact) mass is 636 g/mol. The van der Waals surface area contributed by atoms with Crippen molar-refractivity contribution >= 4 is 76.2 Å². The van der Waals surface area contributed by atoms with Gasteiger partial charge in [-0.3, -0.25) is 0 Å². The molecule has 9 aromatic carbocycles. The van der Waals surface area contributed by atoms with Crippen molar-refractivity contribution in [2.24, 2.45) is 0 Å². The number of hydrogen-bond acceptors (Lipinski definition) is 2. The van der Waals surface area contributed by atoms with E-state index in [0.717, 1.165) is 49.3 Å². The Morgan fingerprint density at radius 1 is 0.240 bits per heavy atom. The van der Waals surface area contributed by atoms with Crippen LogP contribution in [0.5, 0.6) is 0 Å². The standard InChI is InChI=1S/C48H28O2/c1-2-11-29(12-3-1)47-36-16-4-6-18-38(36)48(39-19-7-5-17-37(39)47)33-14-10-13-30(23-33)31-21-22-32-25-40-42-27-41-35-15-8-9-20-43(35)49-45(41)28-46(42)50-44(40)26-34(32)24-31/h1-28H. The number of para-hydroxylation sites is 1. The molecule has 0 amide bonds. The van der Waals surface area contributed by atoms with Crippen molar-refractivity contribution < 1.29 is 8.83 Å². The molecular formula is C48H28O2. The number of rotatable bonds is 3. The summed E-state index contributed by atoms with van der Waals surface area (Å²) in [5.41, 5.74) is 10.8. The van der Waals surface area contributed by atoms with Gasteiger partial charge in [0, 0.05) is 27.6 Å². The summed E-state index contributed by atoms with van der Waals surface area (Å²) >= 11 is 0. The third-order valence-corrected chi connectivity index (χ3v) is 10.4. The van der Waals surface area contributed by atoms with Gasteiger partial charge in [-0.05, 0) is 102 Å². The molecular weight excluding hydrogens is 609 g/mol. The Bertz CT molecular complexity index is 3080. The highest BCUT2D eigenvalue weighted by Crippen LogP contribution is 2.44. The summed E-state index contributed by atoms with van der Waals surface area (Å²) in [5, 5.41) is 11.8. The average Bonchev–Trinajstić information content (AvgIpc) is 3.71. The van der Waals surface area contributed by atoms with Crippen molar-refractivity contribution in [3.05, 3.63) is 170 Å². The predicted molar refractivity (Wildman–Crippen MR) is 210 cm³/mol. The minimum absolute atomic E-state index is 0.840. The fourth-order valence-electron chi connectivity index (χ4n) is 8.13. The van der Waals surface area contributed by atoms with Gasteiger partial charge < -0.3 is 8.83 Å². The second-order valence-electron chi connectivity index (χ2n) is 13.2. The molecule has 0 aliphatic carbocycles. The van der Waals surface area contributed by atoms with Crippen LogP contribution in [0, 0.1) is 0 Å². The Balaban J connectivity index is 1.07. The van der Waals surface area contributed by atoms with E-state index < -0.39 is 0 Å². The van der Waals surface area contributed by atoms with E-state index in [0.29, 0.717) is 0 Å². The van der Waals surface area contributed by atoms with Crippen LogP contribution < -0.4 is 0 Å². The van der Waals surface area contributed by atoms with Crippen molar-refractivity contribution in [3.63, 3.8) is 0 Å². The summed E-state index contributed by atoms with van der Waals surface area (Å²) in [6.45, 7) is 0. The van der Waals surface area contributed by atoms with Crippen LogP contribution in [0.25, 0.3) is 110 Å². The molecule has 11 rings (SSSR count). The molecule has 0 bridgehead atoms. The predicted octanol–water partition coefficient (Wildman–Crippen LogP) is 13.9. The molecule has 0 fully saturated rings. The number of fused-ring (bicyclic) bond motifs is 9. The van der Waals surface area contributed by atoms with Gasteiger partial charge in [0.25, 0.3) is 0 Å². The van der Waals surface area contributed by atoms with Crippen LogP contribution in [0.2, 0.25) is 0 Å². The zero-order chi connectivity index (χ0) is 32.8. The molecule has 50 heavy (non-hydrogen) atoms. The van der Waals surface area contributed by atoms with Gasteiger partial charge in [0.05, 0.1) is 0 Å². The van der Waals surface area contributed by atoms with Gasteiger partial charge in [-0.2, -0.15) is 0 Å². The molecule has 0 saturated heterocycles. The van der Waals surface area contributed by atoms with E-state index in [1.54, 1.807) is 0 Å². The molecule has 2 nitrogen and oxygen atoms in total. The summed E-state index contributed by atoms with van der Waals surface area (Å²) < 4.78 is 12.6. The average molecular weight is 637 g/mol. The lowest BCUT2D eigenvalue weighted by atomic mass is 9.85. The highest BCUT2D eigenvalue weighted by Gasteiger charge is 2.18. The topological polar surface area (TPSA) is 26.3 Å². The Labute approximate surface area is 287 Å². The summed E-state index contributed by atoms with van der Waals surface area (Å²) in [7, 11) is 0. The molecule has 0 spiro atoms. The molecule has 11 aromatic rings. The van der Waals surface area contributed by atoms with Gasteiger partial charge >= 0.3 is 0 Å². The minimum Gasteiger partial charge on any atom is -0.456 e. The van der Waals surface area contributed by atoms with E-state index in [-0.39, 0.29) is 0 Å². The van der Waals surface area contributed by atoms with Crippen LogP contribution in [0.3, 0.4) is 0 Å². The van der Waals surface area contributed by atoms with E-state index in [9.17, 15) is 0 Å². The first-order valence-electron chi connectivity index (χ1n) is 17.1. The zero-order valence-corrected chi connectivity index (χ0v) is 27.0. The van der Waals surface area contributed by atoms with E-state index in [2.05, 4.69) is 152 Å². The molecule has 0 N–H and O–H groups in total. The van der Waals surface area contributed by atoms with E-state index in [1.807, 2.05) is 18.2 Å². The Morgan fingerprint density at radius 2 is 0.760 bits per heavy atom. The highest BCUT2D eigenvalue weighted by molar-refractivity contribution is 6.22. The normalized spacial score (nSPS) is 12.0. The summed E-state index contributed by atoms with van der Waals surface area (Å²) in [5.74, 6) is 0. The summed E-state index contributed by atoms with van der Waals surface area (Å²) in [6, 6.07) is 61.1. The first-order valence-corrected chi connectivity index (χ1v) is 17.1. The van der Waals surface area contributed by atoms with E-state index in [4.69, 9.17) is 8.83 Å². The van der Waals surface area contributed by atoms with Crippen LogP contribution in [-0.2, 0) is 0 Å². The van der Waals surface area contributed by atoms with Crippen molar-refractivity contribution in [3.8, 4) is 33.4 Å². The van der Waals surface area contributed by atoms with Gasteiger partial charge in [0.2, 0.25) is 0 Å². The SMILES string of the molecule is c1ccc(-c2c3ccccc3c(-c3cccc(-c4ccc5cc6c(cc5c4)oc4cc5oc7ccccc7c5cc46)c3)c3ccccc23)cc1. The van der Waals surface area contributed by atoms with E-state index >= 15 is 0 Å². The second-order valence-corrected chi connectivity index (χ2v) is 13.2. The molecule has 0 atom stereocenters. The lowest BCUT2D eigenvalue weighted by Gasteiger charge is -2.18. The Morgan fingerprint density at radius 3 is 1.50 bits per heavy atom. The molecule has 0 radical (unpaired) electrons. The third kappa shape index (κ3) is 4.03. The lowest BCUT2D eigenvalue weighted by Crippen LogP contribution is -1.91. The largest absolute Gasteiger partial charge is 0.456 e. The molecule has 2 heterocycles. The molecule has 2 aromatic heterocycles. The minimum atomic E-state index is 0.840. The summed E-state index contributed by atoms with van der Waals surface area (Å²) in [4.78, 5) is 0. The van der Waals surface area contributed by atoms with Crippen LogP contribution in [0.4, 0.5) is 0 Å². The van der Waals surface area contributed by atoms with Crippen LogP contribution in [-0.4, -0.2) is 0 Å². The summed E-state index contributed by atoms with van der Waals surface area (Å²) in [6.07, 6.45) is 0. The molecule has 0 aliphatic heterocycles. The smallest absolute Gasteiger partial charge is 0.139 e. The van der Waals surface area contributed by atoms with Crippen molar-refractivity contribution in [1.29, 1.82) is 0 Å². The van der Waals surface area contributed by atoms with Crippen LogP contribution in [0.15, 0.2) is 179 Å². The van der Waals surface area contributed by atoms with Gasteiger partial charge in [0.1, 0.15) is 22.3 Å². The molecule has 0 aliphatic rings. The van der Waals surface area contributed by atoms with Crippen molar-refractivity contribution in [2.75, 3.05) is 0 Å². The maximum atomic E-state index is 6.45. The van der Waals surface area contributed by atoms with Gasteiger partial charge in [-0.25, -0.2) is 0 Å².